The summed E-state index contributed by atoms with van der Waals surface area (Å²) in [5.74, 6) is 0. The van der Waals surface area contributed by atoms with Crippen LogP contribution in [-0.4, -0.2) is 9.97 Å². The van der Waals surface area contributed by atoms with Crippen molar-refractivity contribution in [2.24, 2.45) is 5.73 Å². The number of anilines is 2. The number of nitrogens with two attached hydrogens (primary N) is 1. The predicted octanol–water partition coefficient (Wildman–Crippen LogP) is 3.82. The van der Waals surface area contributed by atoms with Crippen molar-refractivity contribution in [3.05, 3.63) is 40.9 Å². The van der Waals surface area contributed by atoms with E-state index in [4.69, 9.17) is 18.0 Å². The van der Waals surface area contributed by atoms with Crippen LogP contribution in [0.15, 0.2) is 29.6 Å². The molecule has 0 aliphatic rings. The Hall–Kier alpha value is -1.46. The number of nitrogens with zero attached hydrogens (tertiary/aromatic N) is 1. The highest BCUT2D eigenvalue weighted by Gasteiger charge is 2.17. The molecule has 0 bridgehead atoms. The molecule has 0 aliphatic heterocycles. The van der Waals surface area contributed by atoms with Gasteiger partial charge in [-0.05, 0) is 12.1 Å². The molecule has 1 aromatic heterocycles. The summed E-state index contributed by atoms with van der Waals surface area (Å²) in [4.78, 5) is 4.99. The Labute approximate surface area is 122 Å². The van der Waals surface area contributed by atoms with Crippen molar-refractivity contribution in [3.63, 3.8) is 0 Å². The van der Waals surface area contributed by atoms with E-state index in [9.17, 15) is 0 Å². The van der Waals surface area contributed by atoms with Gasteiger partial charge in [0.2, 0.25) is 0 Å². The lowest BCUT2D eigenvalue weighted by atomic mass is 9.93. The summed E-state index contributed by atoms with van der Waals surface area (Å²) in [7, 11) is 0. The maximum Gasteiger partial charge on any atom is 0.187 e. The number of para-hydroxylation sites is 1. The Bertz CT molecular complexity index is 597. The molecule has 3 N–H and O–H groups in total. The molecule has 0 atom stereocenters. The van der Waals surface area contributed by atoms with E-state index in [-0.39, 0.29) is 5.41 Å². The monoisotopic (exact) mass is 291 g/mol. The van der Waals surface area contributed by atoms with E-state index in [1.807, 2.05) is 24.3 Å². The first-order chi connectivity index (χ1) is 8.88. The van der Waals surface area contributed by atoms with Gasteiger partial charge in [-0.2, -0.15) is 0 Å². The molecule has 0 aliphatic carbocycles. The summed E-state index contributed by atoms with van der Waals surface area (Å²) in [5.41, 5.74) is 8.58. The SMILES string of the molecule is CC(C)(C)c1csc(Nc2ccccc2C(N)=S)n1. The van der Waals surface area contributed by atoms with Crippen LogP contribution in [0.4, 0.5) is 10.8 Å². The van der Waals surface area contributed by atoms with Gasteiger partial charge < -0.3 is 11.1 Å². The standard InChI is InChI=1S/C14H17N3S2/c1-14(2,3)11-8-19-13(17-11)16-10-7-5-4-6-9(10)12(15)18/h4-8H,1-3H3,(H2,15,18)(H,16,17). The van der Waals surface area contributed by atoms with Crippen LogP contribution >= 0.6 is 23.6 Å². The lowest BCUT2D eigenvalue weighted by Crippen LogP contribution is -2.12. The lowest BCUT2D eigenvalue weighted by molar-refractivity contribution is 0.573. The first-order valence-electron chi connectivity index (χ1n) is 6.00. The molecule has 1 aromatic carbocycles. The topological polar surface area (TPSA) is 50.9 Å². The number of hydrogen-bond donors (Lipinski definition) is 2. The van der Waals surface area contributed by atoms with E-state index in [1.165, 1.54) is 0 Å². The fraction of sp³-hybridized carbons (Fsp3) is 0.286. The summed E-state index contributed by atoms with van der Waals surface area (Å²) in [5, 5.41) is 6.22. The van der Waals surface area contributed by atoms with Crippen LogP contribution in [0.3, 0.4) is 0 Å². The average molecular weight is 291 g/mol. The highest BCUT2D eigenvalue weighted by atomic mass is 32.1. The second-order valence-electron chi connectivity index (χ2n) is 5.32. The molecule has 2 rings (SSSR count). The van der Waals surface area contributed by atoms with Crippen molar-refractivity contribution in [2.75, 3.05) is 5.32 Å². The Kier molecular flexibility index (Phi) is 3.87. The Morgan fingerprint density at radius 2 is 2.00 bits per heavy atom. The van der Waals surface area contributed by atoms with Gasteiger partial charge in [0.05, 0.1) is 11.4 Å². The van der Waals surface area contributed by atoms with Crippen LogP contribution in [0.2, 0.25) is 0 Å². The van der Waals surface area contributed by atoms with E-state index in [0.717, 1.165) is 22.1 Å². The van der Waals surface area contributed by atoms with E-state index in [0.29, 0.717) is 4.99 Å². The third kappa shape index (κ3) is 3.30. The quantitative estimate of drug-likeness (QED) is 0.844. The first-order valence-corrected chi connectivity index (χ1v) is 7.28. The van der Waals surface area contributed by atoms with Crippen LogP contribution in [0.1, 0.15) is 32.0 Å². The molecule has 2 aromatic rings. The van der Waals surface area contributed by atoms with Gasteiger partial charge in [0.1, 0.15) is 4.99 Å². The largest absolute Gasteiger partial charge is 0.389 e. The highest BCUT2D eigenvalue weighted by Crippen LogP contribution is 2.29. The molecular formula is C14H17N3S2. The van der Waals surface area contributed by atoms with Crippen molar-refractivity contribution in [2.45, 2.75) is 26.2 Å². The van der Waals surface area contributed by atoms with Crippen LogP contribution in [0.25, 0.3) is 0 Å². The summed E-state index contributed by atoms with van der Waals surface area (Å²) in [6.45, 7) is 6.44. The Morgan fingerprint density at radius 3 is 2.58 bits per heavy atom. The van der Waals surface area contributed by atoms with Gasteiger partial charge in [0.25, 0.3) is 0 Å². The normalized spacial score (nSPS) is 11.3. The highest BCUT2D eigenvalue weighted by molar-refractivity contribution is 7.80. The zero-order valence-corrected chi connectivity index (χ0v) is 12.9. The number of hydrogen-bond acceptors (Lipinski definition) is 4. The fourth-order valence-electron chi connectivity index (χ4n) is 1.60. The number of rotatable bonds is 3. The Morgan fingerprint density at radius 1 is 1.32 bits per heavy atom. The molecule has 0 saturated heterocycles. The predicted molar refractivity (Wildman–Crippen MR) is 86.4 cm³/mol. The molecule has 5 heteroatoms. The minimum absolute atomic E-state index is 0.0547. The van der Waals surface area contributed by atoms with Crippen molar-refractivity contribution in [1.82, 2.24) is 4.98 Å². The second kappa shape index (κ2) is 5.27. The number of benzene rings is 1. The molecule has 0 radical (unpaired) electrons. The van der Waals surface area contributed by atoms with E-state index >= 15 is 0 Å². The molecule has 0 saturated carbocycles. The van der Waals surface area contributed by atoms with Crippen molar-refractivity contribution in [1.29, 1.82) is 0 Å². The van der Waals surface area contributed by atoms with E-state index in [1.54, 1.807) is 11.3 Å². The third-order valence-corrected chi connectivity index (χ3v) is 3.68. The van der Waals surface area contributed by atoms with Gasteiger partial charge in [0, 0.05) is 16.4 Å². The number of aromatic nitrogens is 1. The van der Waals surface area contributed by atoms with Gasteiger partial charge in [0.15, 0.2) is 5.13 Å². The first kappa shape index (κ1) is 14.0. The van der Waals surface area contributed by atoms with Gasteiger partial charge in [-0.15, -0.1) is 11.3 Å². The summed E-state index contributed by atoms with van der Waals surface area (Å²) >= 11 is 6.64. The minimum atomic E-state index is 0.0547. The average Bonchev–Trinajstić information content (AvgIpc) is 2.77. The van der Waals surface area contributed by atoms with Crippen molar-refractivity contribution < 1.29 is 0 Å². The second-order valence-corrected chi connectivity index (χ2v) is 6.62. The van der Waals surface area contributed by atoms with E-state index in [2.05, 4.69) is 36.5 Å². The molecular weight excluding hydrogens is 274 g/mol. The molecule has 0 spiro atoms. The van der Waals surface area contributed by atoms with Crippen LogP contribution in [0.5, 0.6) is 0 Å². The molecule has 0 fully saturated rings. The smallest absolute Gasteiger partial charge is 0.187 e. The summed E-state index contributed by atoms with van der Waals surface area (Å²) in [6, 6.07) is 7.72. The van der Waals surface area contributed by atoms with Gasteiger partial charge in [-0.25, -0.2) is 4.98 Å². The maximum absolute atomic E-state index is 5.72. The zero-order chi connectivity index (χ0) is 14.0. The van der Waals surface area contributed by atoms with Gasteiger partial charge in [-0.1, -0.05) is 45.1 Å². The third-order valence-electron chi connectivity index (χ3n) is 2.71. The minimum Gasteiger partial charge on any atom is -0.389 e. The Balaban J connectivity index is 2.27. The molecule has 100 valence electrons. The molecule has 19 heavy (non-hydrogen) atoms. The van der Waals surface area contributed by atoms with Crippen molar-refractivity contribution >= 4 is 39.4 Å². The number of nitrogens with one attached hydrogen (secondary N) is 1. The van der Waals surface area contributed by atoms with Crippen LogP contribution < -0.4 is 11.1 Å². The maximum atomic E-state index is 5.72. The molecule has 0 amide bonds. The number of thiocarbonyl (C=S) groups is 1. The fourth-order valence-corrected chi connectivity index (χ4v) is 2.73. The van der Waals surface area contributed by atoms with Crippen LogP contribution in [0, 0.1) is 0 Å². The van der Waals surface area contributed by atoms with Crippen LogP contribution in [-0.2, 0) is 5.41 Å². The molecule has 1 heterocycles. The van der Waals surface area contributed by atoms with Crippen molar-refractivity contribution in [3.8, 4) is 0 Å². The lowest BCUT2D eigenvalue weighted by Gasteiger charge is -2.14. The van der Waals surface area contributed by atoms with Gasteiger partial charge in [-0.3, -0.25) is 0 Å². The van der Waals surface area contributed by atoms with E-state index < -0.39 is 0 Å². The van der Waals surface area contributed by atoms with Gasteiger partial charge >= 0.3 is 0 Å². The molecule has 3 nitrogen and oxygen atoms in total. The zero-order valence-electron chi connectivity index (χ0n) is 11.2. The molecule has 0 unspecified atom stereocenters. The number of thiazole rings is 1. The summed E-state index contributed by atoms with van der Waals surface area (Å²) < 4.78 is 0. The summed E-state index contributed by atoms with van der Waals surface area (Å²) in [6.07, 6.45) is 0.